The van der Waals surface area contributed by atoms with Gasteiger partial charge in [0.05, 0.1) is 17.8 Å². The van der Waals surface area contributed by atoms with E-state index in [9.17, 15) is 13.6 Å². The second-order valence-corrected chi connectivity index (χ2v) is 5.95. The molecule has 2 rings (SSSR count). The second-order valence-electron chi connectivity index (χ2n) is 5.56. The van der Waals surface area contributed by atoms with Gasteiger partial charge in [-0.2, -0.15) is 0 Å². The molecule has 1 aliphatic rings. The van der Waals surface area contributed by atoms with Crippen LogP contribution in [0, 0.1) is 0 Å². The Morgan fingerprint density at radius 3 is 2.14 bits per heavy atom. The Kier molecular flexibility index (Phi) is 5.82. The van der Waals surface area contributed by atoms with Crippen molar-refractivity contribution < 1.29 is 13.6 Å². The van der Waals surface area contributed by atoms with Crippen LogP contribution in [-0.4, -0.2) is 33.6 Å². The van der Waals surface area contributed by atoms with Gasteiger partial charge in [-0.05, 0) is 27.7 Å². The lowest BCUT2D eigenvalue weighted by Crippen LogP contribution is -2.29. The van der Waals surface area contributed by atoms with Crippen LogP contribution in [0.15, 0.2) is 22.4 Å². The summed E-state index contributed by atoms with van der Waals surface area (Å²) in [6, 6.07) is 1.42. The molecule has 1 aromatic rings. The number of carbonyl (C=O) groups excluding carboxylic acids is 1. The van der Waals surface area contributed by atoms with Gasteiger partial charge in [-0.3, -0.25) is 4.79 Å². The molecule has 0 atom stereocenters. The van der Waals surface area contributed by atoms with E-state index >= 15 is 0 Å². The lowest BCUT2D eigenvalue weighted by molar-refractivity contribution is -0.116. The molecular weight excluding hydrogens is 314 g/mol. The number of aromatic nitrogens is 2. The highest BCUT2D eigenvalue weighted by Gasteiger charge is 2.27. The first kappa shape index (κ1) is 18.3. The fourth-order valence-corrected chi connectivity index (χ4v) is 1.57. The van der Waals surface area contributed by atoms with Crippen molar-refractivity contribution in [3.8, 4) is 0 Å². The van der Waals surface area contributed by atoms with Crippen LogP contribution in [0.4, 0.5) is 8.78 Å². The fourth-order valence-electron chi connectivity index (χ4n) is 1.42. The van der Waals surface area contributed by atoms with Gasteiger partial charge in [0.2, 0.25) is 0 Å². The van der Waals surface area contributed by atoms with Gasteiger partial charge in [-0.15, -0.1) is 0 Å². The first-order valence-electron chi connectivity index (χ1n) is 6.48. The van der Waals surface area contributed by atoms with Crippen molar-refractivity contribution in [2.24, 2.45) is 9.98 Å². The van der Waals surface area contributed by atoms with E-state index in [4.69, 9.17) is 11.6 Å². The Bertz CT molecular complexity index is 604. The normalized spacial score (nSPS) is 15.0. The number of hydrogen-bond donors (Lipinski definition) is 0. The van der Waals surface area contributed by atoms with Crippen LogP contribution < -0.4 is 0 Å². The van der Waals surface area contributed by atoms with E-state index in [0.717, 1.165) is 6.34 Å². The van der Waals surface area contributed by atoms with Gasteiger partial charge in [0.1, 0.15) is 29.2 Å². The zero-order valence-corrected chi connectivity index (χ0v) is 13.5. The number of halogens is 3. The Balaban J connectivity index is 0.000000220. The molecule has 0 aromatic carbocycles. The standard InChI is InChI=1S/C7H8ClFN2.C7H9FN2O/c1-7(2,9)5-3-6(8)11-4-10-5;1-7(2,8)5-3-6(11)10-4-9-5/h3-4H,1-2H3;4H,3H2,1-2H3. The summed E-state index contributed by atoms with van der Waals surface area (Å²) in [5.74, 6) is -0.333. The average molecular weight is 331 g/mol. The average Bonchev–Trinajstić information content (AvgIpc) is 2.37. The number of amides is 1. The largest absolute Gasteiger partial charge is 0.272 e. The molecule has 22 heavy (non-hydrogen) atoms. The maximum atomic E-state index is 13.2. The number of rotatable bonds is 2. The van der Waals surface area contributed by atoms with E-state index in [1.807, 2.05) is 0 Å². The summed E-state index contributed by atoms with van der Waals surface area (Å²) in [6.45, 7) is 5.59. The molecule has 0 spiro atoms. The van der Waals surface area contributed by atoms with Crippen LogP contribution in [0.5, 0.6) is 0 Å². The van der Waals surface area contributed by atoms with Gasteiger partial charge in [-0.1, -0.05) is 11.6 Å². The zero-order valence-electron chi connectivity index (χ0n) is 12.8. The first-order valence-corrected chi connectivity index (χ1v) is 6.86. The Morgan fingerprint density at radius 2 is 1.77 bits per heavy atom. The highest BCUT2D eigenvalue weighted by atomic mass is 35.5. The molecule has 0 unspecified atom stereocenters. The molecule has 2 heterocycles. The predicted octanol–water partition coefficient (Wildman–Crippen LogP) is 3.47. The van der Waals surface area contributed by atoms with E-state index in [1.54, 1.807) is 0 Å². The van der Waals surface area contributed by atoms with Crippen molar-refractivity contribution in [3.05, 3.63) is 23.2 Å². The van der Waals surface area contributed by atoms with Gasteiger partial charge in [0.25, 0.3) is 5.91 Å². The van der Waals surface area contributed by atoms with Crippen molar-refractivity contribution in [1.82, 2.24) is 9.97 Å². The fraction of sp³-hybridized carbons (Fsp3) is 0.500. The summed E-state index contributed by atoms with van der Waals surface area (Å²) in [4.78, 5) is 25.1. The molecule has 8 heteroatoms. The molecule has 0 radical (unpaired) electrons. The smallest absolute Gasteiger partial charge is 0.252 e. The van der Waals surface area contributed by atoms with Crippen LogP contribution in [0.2, 0.25) is 5.15 Å². The quantitative estimate of drug-likeness (QED) is 0.780. The minimum atomic E-state index is -1.51. The third-order valence-electron chi connectivity index (χ3n) is 2.66. The van der Waals surface area contributed by atoms with Crippen LogP contribution in [0.1, 0.15) is 39.8 Å². The Hall–Kier alpha value is -1.76. The second kappa shape index (κ2) is 7.00. The van der Waals surface area contributed by atoms with Gasteiger partial charge in [0.15, 0.2) is 0 Å². The van der Waals surface area contributed by atoms with Gasteiger partial charge >= 0.3 is 0 Å². The van der Waals surface area contributed by atoms with Crippen molar-refractivity contribution in [2.45, 2.75) is 45.5 Å². The van der Waals surface area contributed by atoms with Crippen molar-refractivity contribution >= 4 is 29.6 Å². The van der Waals surface area contributed by atoms with E-state index in [-0.39, 0.29) is 23.2 Å². The summed E-state index contributed by atoms with van der Waals surface area (Å²) in [6.07, 6.45) is 2.35. The number of hydrogen-bond acceptors (Lipinski definition) is 4. The molecule has 1 aromatic heterocycles. The van der Waals surface area contributed by atoms with Gasteiger partial charge in [-0.25, -0.2) is 28.7 Å². The molecule has 1 amide bonds. The molecule has 0 aliphatic carbocycles. The van der Waals surface area contributed by atoms with Crippen LogP contribution in [0.3, 0.4) is 0 Å². The molecule has 5 nitrogen and oxygen atoms in total. The molecule has 0 fully saturated rings. The Labute approximate surface area is 132 Å². The van der Waals surface area contributed by atoms with Gasteiger partial charge < -0.3 is 0 Å². The molecule has 0 saturated carbocycles. The van der Waals surface area contributed by atoms with E-state index in [2.05, 4.69) is 20.0 Å². The SMILES string of the molecule is CC(C)(F)C1=NC=NC(=O)C1.CC(C)(F)c1cc(Cl)ncn1. The summed E-state index contributed by atoms with van der Waals surface area (Å²) in [7, 11) is 0. The molecule has 0 saturated heterocycles. The van der Waals surface area contributed by atoms with E-state index < -0.39 is 11.3 Å². The number of carbonyl (C=O) groups is 1. The van der Waals surface area contributed by atoms with E-state index in [0.29, 0.717) is 5.69 Å². The minimum absolute atomic E-state index is 0. The summed E-state index contributed by atoms with van der Waals surface area (Å²) in [5.41, 5.74) is -2.41. The monoisotopic (exact) mass is 330 g/mol. The predicted molar refractivity (Wildman–Crippen MR) is 81.9 cm³/mol. The number of nitrogens with zero attached hydrogens (tertiary/aromatic N) is 4. The molecule has 1 aliphatic heterocycles. The highest BCUT2D eigenvalue weighted by Crippen LogP contribution is 2.23. The van der Waals surface area contributed by atoms with Crippen LogP contribution in [-0.2, 0) is 10.5 Å². The third kappa shape index (κ3) is 5.93. The topological polar surface area (TPSA) is 67.6 Å². The van der Waals surface area contributed by atoms with Crippen molar-refractivity contribution in [1.29, 1.82) is 0 Å². The molecule has 0 N–H and O–H groups in total. The lowest BCUT2D eigenvalue weighted by Gasteiger charge is -2.16. The molecule has 120 valence electrons. The summed E-state index contributed by atoms with van der Waals surface area (Å²) < 4.78 is 26.3. The zero-order chi connectivity index (χ0) is 17.0. The maximum absolute atomic E-state index is 13.2. The van der Waals surface area contributed by atoms with Crippen molar-refractivity contribution in [3.63, 3.8) is 0 Å². The summed E-state index contributed by atoms with van der Waals surface area (Å²) in [5, 5.41) is 0.265. The lowest BCUT2D eigenvalue weighted by atomic mass is 10.0. The van der Waals surface area contributed by atoms with Crippen molar-refractivity contribution in [2.75, 3.05) is 0 Å². The number of alkyl halides is 2. The third-order valence-corrected chi connectivity index (χ3v) is 2.87. The summed E-state index contributed by atoms with van der Waals surface area (Å²) >= 11 is 5.53. The van der Waals surface area contributed by atoms with E-state index in [1.165, 1.54) is 40.1 Å². The highest BCUT2D eigenvalue weighted by molar-refractivity contribution is 6.29. The molecule has 0 bridgehead atoms. The number of aliphatic imine (C=N–C) groups is 2. The Morgan fingerprint density at radius 1 is 1.14 bits per heavy atom. The van der Waals surface area contributed by atoms with Crippen LogP contribution >= 0.6 is 11.6 Å². The van der Waals surface area contributed by atoms with Gasteiger partial charge in [0, 0.05) is 6.07 Å². The minimum Gasteiger partial charge on any atom is -0.272 e. The molecular formula is C14H17ClF2N4O. The van der Waals surface area contributed by atoms with Crippen LogP contribution in [0.25, 0.3) is 0 Å². The maximum Gasteiger partial charge on any atom is 0.252 e. The first-order chi connectivity index (χ1) is 10.00.